The zero-order valence-electron chi connectivity index (χ0n) is 15.2. The smallest absolute Gasteiger partial charge is 0.163 e. The Morgan fingerprint density at radius 3 is 2.59 bits per heavy atom. The first-order chi connectivity index (χ1) is 13.2. The highest BCUT2D eigenvalue weighted by Gasteiger charge is 2.23. The van der Waals surface area contributed by atoms with E-state index in [2.05, 4.69) is 25.1 Å². The van der Waals surface area contributed by atoms with E-state index in [1.165, 1.54) is 24.1 Å². The Kier molecular flexibility index (Phi) is 3.98. The number of hydrogen-bond acceptors (Lipinski definition) is 2. The number of rotatable bonds is 2. The van der Waals surface area contributed by atoms with Crippen LogP contribution in [0, 0.1) is 0 Å². The number of pyridine rings is 1. The van der Waals surface area contributed by atoms with E-state index < -0.39 is 0 Å². The molecule has 3 nitrogen and oxygen atoms in total. The van der Waals surface area contributed by atoms with E-state index in [-0.39, 0.29) is 0 Å². The Bertz CT molecular complexity index is 1110. The van der Waals surface area contributed by atoms with Gasteiger partial charge in [-0.2, -0.15) is 5.10 Å². The minimum atomic E-state index is 0.497. The monoisotopic (exact) mass is 373 g/mol. The van der Waals surface area contributed by atoms with Gasteiger partial charge in [-0.1, -0.05) is 48.9 Å². The van der Waals surface area contributed by atoms with Crippen LogP contribution in [0.4, 0.5) is 0 Å². The van der Waals surface area contributed by atoms with Crippen LogP contribution >= 0.6 is 11.6 Å². The predicted molar refractivity (Wildman–Crippen MR) is 111 cm³/mol. The van der Waals surface area contributed by atoms with E-state index in [1.807, 2.05) is 47.1 Å². The number of aryl methyl sites for hydroxylation is 1. The average molecular weight is 374 g/mol. The van der Waals surface area contributed by atoms with Gasteiger partial charge in [0, 0.05) is 21.7 Å². The van der Waals surface area contributed by atoms with Crippen molar-refractivity contribution in [3.8, 4) is 16.9 Å². The second-order valence-electron chi connectivity index (χ2n) is 7.30. The molecular formula is C23H20ClN3. The van der Waals surface area contributed by atoms with E-state index in [0.29, 0.717) is 5.92 Å². The van der Waals surface area contributed by atoms with E-state index in [1.54, 1.807) is 0 Å². The van der Waals surface area contributed by atoms with E-state index in [9.17, 15) is 0 Å². The quantitative estimate of drug-likeness (QED) is 0.420. The highest BCUT2D eigenvalue weighted by atomic mass is 35.5. The van der Waals surface area contributed by atoms with Crippen LogP contribution in [0.2, 0.25) is 5.02 Å². The molecule has 0 spiro atoms. The highest BCUT2D eigenvalue weighted by Crippen LogP contribution is 2.36. The molecule has 0 aliphatic heterocycles. The first kappa shape index (κ1) is 16.5. The first-order valence-electron chi connectivity index (χ1n) is 9.44. The summed E-state index contributed by atoms with van der Waals surface area (Å²) in [6.07, 6.45) is 3.53. The van der Waals surface area contributed by atoms with Gasteiger partial charge in [-0.15, -0.1) is 0 Å². The highest BCUT2D eigenvalue weighted by molar-refractivity contribution is 6.30. The summed E-state index contributed by atoms with van der Waals surface area (Å²) in [5.74, 6) is 0.497. The van der Waals surface area contributed by atoms with Crippen molar-refractivity contribution >= 4 is 22.6 Å². The standard InChI is InChI=1S/C23H20ClN3/c1-15-6-5-7-17-14-20-22(16-10-12-18(24)13-11-16)26-27(23(20)25-21(15)17)19-8-3-2-4-9-19/h2-4,8-15H,5-7H2,1H3. The van der Waals surface area contributed by atoms with Gasteiger partial charge in [0.2, 0.25) is 0 Å². The maximum Gasteiger partial charge on any atom is 0.163 e. The summed E-state index contributed by atoms with van der Waals surface area (Å²) < 4.78 is 1.97. The zero-order valence-corrected chi connectivity index (χ0v) is 15.9. The zero-order chi connectivity index (χ0) is 18.4. The van der Waals surface area contributed by atoms with E-state index >= 15 is 0 Å². The number of aromatic nitrogens is 3. The molecule has 1 aliphatic carbocycles. The summed E-state index contributed by atoms with van der Waals surface area (Å²) in [4.78, 5) is 5.11. The lowest BCUT2D eigenvalue weighted by atomic mass is 9.87. The Labute approximate surface area is 163 Å². The summed E-state index contributed by atoms with van der Waals surface area (Å²) in [5, 5.41) is 6.80. The van der Waals surface area contributed by atoms with Gasteiger partial charge < -0.3 is 0 Å². The molecule has 134 valence electrons. The minimum absolute atomic E-state index is 0.497. The Morgan fingerprint density at radius 1 is 1.04 bits per heavy atom. The first-order valence-corrected chi connectivity index (χ1v) is 9.82. The Balaban J connectivity index is 1.81. The third-order valence-corrected chi connectivity index (χ3v) is 5.69. The molecule has 4 heteroatoms. The van der Waals surface area contributed by atoms with Crippen molar-refractivity contribution in [3.05, 3.63) is 76.9 Å². The maximum absolute atomic E-state index is 6.09. The average Bonchev–Trinajstić information content (AvgIpc) is 3.07. The lowest BCUT2D eigenvalue weighted by Gasteiger charge is -2.21. The fourth-order valence-corrected chi connectivity index (χ4v) is 4.15. The number of nitrogens with zero attached hydrogens (tertiary/aromatic N) is 3. The van der Waals surface area contributed by atoms with Crippen molar-refractivity contribution in [1.29, 1.82) is 0 Å². The van der Waals surface area contributed by atoms with Crippen molar-refractivity contribution < 1.29 is 0 Å². The van der Waals surface area contributed by atoms with Crippen molar-refractivity contribution in [2.75, 3.05) is 0 Å². The van der Waals surface area contributed by atoms with Crippen LogP contribution in [0.15, 0.2) is 60.7 Å². The van der Waals surface area contributed by atoms with Gasteiger partial charge in [0.25, 0.3) is 0 Å². The summed E-state index contributed by atoms with van der Waals surface area (Å²) in [5.41, 5.74) is 6.57. The SMILES string of the molecule is CC1CCCc2cc3c(-c4ccc(Cl)cc4)nn(-c4ccccc4)c3nc21. The molecule has 4 aromatic rings. The molecule has 2 aromatic heterocycles. The molecule has 0 saturated carbocycles. The molecule has 27 heavy (non-hydrogen) atoms. The summed E-state index contributed by atoms with van der Waals surface area (Å²) in [6.45, 7) is 2.28. The van der Waals surface area contributed by atoms with Crippen molar-refractivity contribution in [1.82, 2.24) is 14.8 Å². The fraction of sp³-hybridized carbons (Fsp3) is 0.217. The summed E-state index contributed by atoms with van der Waals surface area (Å²) in [7, 11) is 0. The fourth-order valence-electron chi connectivity index (χ4n) is 4.03. The van der Waals surface area contributed by atoms with Gasteiger partial charge in [-0.25, -0.2) is 9.67 Å². The van der Waals surface area contributed by atoms with Crippen molar-refractivity contribution in [3.63, 3.8) is 0 Å². The van der Waals surface area contributed by atoms with Crippen LogP contribution in [0.3, 0.4) is 0 Å². The molecule has 1 aliphatic rings. The molecule has 0 radical (unpaired) electrons. The maximum atomic E-state index is 6.09. The number of para-hydroxylation sites is 1. The van der Waals surface area contributed by atoms with Crippen LogP contribution in [-0.4, -0.2) is 14.8 Å². The molecule has 0 N–H and O–H groups in total. The number of benzene rings is 2. The van der Waals surface area contributed by atoms with Crippen LogP contribution in [0.25, 0.3) is 28.0 Å². The van der Waals surface area contributed by atoms with Gasteiger partial charge in [0.05, 0.1) is 5.69 Å². The second-order valence-corrected chi connectivity index (χ2v) is 7.74. The van der Waals surface area contributed by atoms with Crippen LogP contribution in [0.5, 0.6) is 0 Å². The van der Waals surface area contributed by atoms with E-state index in [0.717, 1.165) is 39.4 Å². The molecule has 0 amide bonds. The number of halogens is 1. The molecule has 1 unspecified atom stereocenters. The molecule has 0 saturated heterocycles. The van der Waals surface area contributed by atoms with E-state index in [4.69, 9.17) is 21.7 Å². The van der Waals surface area contributed by atoms with Gasteiger partial charge in [0.1, 0.15) is 5.69 Å². The van der Waals surface area contributed by atoms with Gasteiger partial charge >= 0.3 is 0 Å². The second kappa shape index (κ2) is 6.50. The molecule has 0 fully saturated rings. The van der Waals surface area contributed by atoms with Crippen molar-refractivity contribution in [2.24, 2.45) is 0 Å². The molecule has 2 aromatic carbocycles. The topological polar surface area (TPSA) is 30.7 Å². The normalized spacial score (nSPS) is 16.4. The molecular weight excluding hydrogens is 354 g/mol. The van der Waals surface area contributed by atoms with Crippen LogP contribution in [0.1, 0.15) is 36.9 Å². The minimum Gasteiger partial charge on any atom is -0.232 e. The Morgan fingerprint density at radius 2 is 1.81 bits per heavy atom. The van der Waals surface area contributed by atoms with Crippen LogP contribution in [-0.2, 0) is 6.42 Å². The largest absolute Gasteiger partial charge is 0.232 e. The third kappa shape index (κ3) is 2.83. The van der Waals surface area contributed by atoms with Gasteiger partial charge in [-0.05, 0) is 61.1 Å². The predicted octanol–water partition coefficient (Wildman–Crippen LogP) is 6.18. The Hall–Kier alpha value is -2.65. The van der Waals surface area contributed by atoms with Crippen LogP contribution < -0.4 is 0 Å². The van der Waals surface area contributed by atoms with Crippen molar-refractivity contribution in [2.45, 2.75) is 32.1 Å². The number of fused-ring (bicyclic) bond motifs is 2. The van der Waals surface area contributed by atoms with Gasteiger partial charge in [0.15, 0.2) is 5.65 Å². The molecule has 0 bridgehead atoms. The number of hydrogen-bond donors (Lipinski definition) is 0. The lowest BCUT2D eigenvalue weighted by molar-refractivity contribution is 0.575. The molecule has 2 heterocycles. The van der Waals surface area contributed by atoms with Gasteiger partial charge in [-0.3, -0.25) is 0 Å². The summed E-state index contributed by atoms with van der Waals surface area (Å²) >= 11 is 6.09. The molecule has 5 rings (SSSR count). The lowest BCUT2D eigenvalue weighted by Crippen LogP contribution is -2.10. The molecule has 1 atom stereocenters. The summed E-state index contributed by atoms with van der Waals surface area (Å²) in [6, 6.07) is 20.4. The third-order valence-electron chi connectivity index (χ3n) is 5.44.